The number of benzene rings is 1. The highest BCUT2D eigenvalue weighted by atomic mass is 35.5. The molecule has 2 unspecified atom stereocenters. The summed E-state index contributed by atoms with van der Waals surface area (Å²) < 4.78 is 0. The van der Waals surface area contributed by atoms with E-state index in [1.54, 1.807) is 0 Å². The van der Waals surface area contributed by atoms with Crippen LogP contribution < -0.4 is 5.73 Å². The molecule has 0 saturated carbocycles. The third-order valence-electron chi connectivity index (χ3n) is 3.57. The first kappa shape index (κ1) is 12.9. The summed E-state index contributed by atoms with van der Waals surface area (Å²) in [5, 5.41) is 0.787. The molecule has 1 heterocycles. The van der Waals surface area contributed by atoms with E-state index >= 15 is 0 Å². The third-order valence-corrected chi connectivity index (χ3v) is 3.91. The second-order valence-corrected chi connectivity index (χ2v) is 5.52. The minimum Gasteiger partial charge on any atom is -0.324 e. The van der Waals surface area contributed by atoms with Gasteiger partial charge in [0, 0.05) is 17.6 Å². The van der Waals surface area contributed by atoms with Crippen molar-refractivity contribution in [2.75, 3.05) is 19.6 Å². The number of hydrogen-bond donors (Lipinski definition) is 1. The van der Waals surface area contributed by atoms with Gasteiger partial charge in [0.05, 0.1) is 0 Å². The van der Waals surface area contributed by atoms with E-state index < -0.39 is 0 Å². The molecule has 17 heavy (non-hydrogen) atoms. The van der Waals surface area contributed by atoms with Crippen LogP contribution in [0, 0.1) is 5.92 Å². The summed E-state index contributed by atoms with van der Waals surface area (Å²) >= 11 is 6.14. The van der Waals surface area contributed by atoms with Crippen LogP contribution in [0.3, 0.4) is 0 Å². The Bertz CT molecular complexity index is 367. The first-order chi connectivity index (χ1) is 8.16. The van der Waals surface area contributed by atoms with Gasteiger partial charge in [-0.3, -0.25) is 0 Å². The Balaban J connectivity index is 1.85. The van der Waals surface area contributed by atoms with Gasteiger partial charge in [0.1, 0.15) is 0 Å². The number of nitrogens with zero attached hydrogens (tertiary/aromatic N) is 1. The number of rotatable bonds is 4. The fourth-order valence-electron chi connectivity index (χ4n) is 2.48. The zero-order chi connectivity index (χ0) is 12.3. The van der Waals surface area contributed by atoms with Crippen LogP contribution in [0.15, 0.2) is 24.3 Å². The Labute approximate surface area is 109 Å². The van der Waals surface area contributed by atoms with Gasteiger partial charge >= 0.3 is 0 Å². The molecule has 94 valence electrons. The minimum absolute atomic E-state index is 0.0552. The van der Waals surface area contributed by atoms with Crippen LogP contribution in [0.2, 0.25) is 5.02 Å². The van der Waals surface area contributed by atoms with E-state index in [9.17, 15) is 0 Å². The van der Waals surface area contributed by atoms with Crippen LogP contribution in [0.1, 0.15) is 31.4 Å². The monoisotopic (exact) mass is 252 g/mol. The van der Waals surface area contributed by atoms with Gasteiger partial charge in [-0.25, -0.2) is 0 Å². The third kappa shape index (κ3) is 3.44. The predicted molar refractivity (Wildman–Crippen MR) is 73.2 cm³/mol. The molecular weight excluding hydrogens is 232 g/mol. The molecule has 1 aromatic carbocycles. The average Bonchev–Trinajstić information content (AvgIpc) is 2.73. The van der Waals surface area contributed by atoms with Crippen molar-refractivity contribution < 1.29 is 0 Å². The molecule has 1 aliphatic rings. The first-order valence-corrected chi connectivity index (χ1v) is 6.77. The average molecular weight is 253 g/mol. The molecule has 2 nitrogen and oxygen atoms in total. The van der Waals surface area contributed by atoms with Crippen LogP contribution in [-0.4, -0.2) is 24.5 Å². The molecule has 1 saturated heterocycles. The molecule has 0 aromatic heterocycles. The van der Waals surface area contributed by atoms with Crippen LogP contribution >= 0.6 is 11.6 Å². The number of likely N-dealkylation sites (tertiary alicyclic amines) is 1. The largest absolute Gasteiger partial charge is 0.324 e. The van der Waals surface area contributed by atoms with Gasteiger partial charge in [-0.1, -0.05) is 36.7 Å². The maximum absolute atomic E-state index is 6.20. The fraction of sp³-hybridized carbons (Fsp3) is 0.571. The zero-order valence-electron chi connectivity index (χ0n) is 10.4. The van der Waals surface area contributed by atoms with E-state index in [4.69, 9.17) is 17.3 Å². The highest BCUT2D eigenvalue weighted by Crippen LogP contribution is 2.24. The van der Waals surface area contributed by atoms with Gasteiger partial charge < -0.3 is 10.6 Å². The van der Waals surface area contributed by atoms with E-state index in [1.807, 2.05) is 24.3 Å². The molecule has 0 bridgehead atoms. The molecular formula is C14H21ClN2. The molecule has 0 spiro atoms. The van der Waals surface area contributed by atoms with Crippen LogP contribution in [0.5, 0.6) is 0 Å². The molecule has 3 heteroatoms. The quantitative estimate of drug-likeness (QED) is 0.893. The summed E-state index contributed by atoms with van der Waals surface area (Å²) in [6, 6.07) is 7.94. The SMILES string of the molecule is CC1CCN(CCC(N)c2ccccc2Cl)C1. The maximum atomic E-state index is 6.20. The van der Waals surface area contributed by atoms with Gasteiger partial charge in [0.2, 0.25) is 0 Å². The second-order valence-electron chi connectivity index (χ2n) is 5.11. The second kappa shape index (κ2) is 5.85. The van der Waals surface area contributed by atoms with Gasteiger partial charge in [-0.05, 0) is 43.5 Å². The lowest BCUT2D eigenvalue weighted by atomic mass is 10.0. The highest BCUT2D eigenvalue weighted by Gasteiger charge is 2.19. The van der Waals surface area contributed by atoms with Gasteiger partial charge in [-0.15, -0.1) is 0 Å². The zero-order valence-corrected chi connectivity index (χ0v) is 11.2. The molecule has 2 atom stereocenters. The summed E-state index contributed by atoms with van der Waals surface area (Å²) in [6.07, 6.45) is 2.30. The Morgan fingerprint density at radius 2 is 2.24 bits per heavy atom. The Morgan fingerprint density at radius 1 is 1.47 bits per heavy atom. The summed E-state index contributed by atoms with van der Waals surface area (Å²) in [7, 11) is 0. The minimum atomic E-state index is 0.0552. The molecule has 1 fully saturated rings. The molecule has 2 N–H and O–H groups in total. The maximum Gasteiger partial charge on any atom is 0.0453 e. The Kier molecular flexibility index (Phi) is 4.43. The Hall–Kier alpha value is -0.570. The predicted octanol–water partition coefficient (Wildman–Crippen LogP) is 3.07. The summed E-state index contributed by atoms with van der Waals surface area (Å²) in [6.45, 7) is 5.83. The summed E-state index contributed by atoms with van der Waals surface area (Å²) in [5.74, 6) is 0.839. The Morgan fingerprint density at radius 3 is 2.88 bits per heavy atom. The van der Waals surface area contributed by atoms with E-state index in [2.05, 4.69) is 11.8 Å². The number of hydrogen-bond acceptors (Lipinski definition) is 2. The molecule has 0 aliphatic carbocycles. The van der Waals surface area contributed by atoms with Crippen molar-refractivity contribution >= 4 is 11.6 Å². The first-order valence-electron chi connectivity index (χ1n) is 6.39. The number of nitrogens with two attached hydrogens (primary N) is 1. The van der Waals surface area contributed by atoms with Crippen molar-refractivity contribution in [1.29, 1.82) is 0 Å². The van der Waals surface area contributed by atoms with Crippen molar-refractivity contribution in [3.63, 3.8) is 0 Å². The van der Waals surface area contributed by atoms with Crippen molar-refractivity contribution in [3.05, 3.63) is 34.9 Å². The van der Waals surface area contributed by atoms with E-state index in [-0.39, 0.29) is 6.04 Å². The molecule has 2 rings (SSSR count). The van der Waals surface area contributed by atoms with Crippen LogP contribution in [-0.2, 0) is 0 Å². The number of halogens is 1. The highest BCUT2D eigenvalue weighted by molar-refractivity contribution is 6.31. The van der Waals surface area contributed by atoms with Gasteiger partial charge in [0.25, 0.3) is 0 Å². The molecule has 1 aliphatic heterocycles. The van der Waals surface area contributed by atoms with Crippen LogP contribution in [0.25, 0.3) is 0 Å². The van der Waals surface area contributed by atoms with E-state index in [0.717, 1.165) is 29.5 Å². The lowest BCUT2D eigenvalue weighted by molar-refractivity contribution is 0.313. The van der Waals surface area contributed by atoms with Gasteiger partial charge in [-0.2, -0.15) is 0 Å². The molecule has 0 radical (unpaired) electrons. The lowest BCUT2D eigenvalue weighted by Crippen LogP contribution is -2.25. The summed E-state index contributed by atoms with van der Waals surface area (Å²) in [5.41, 5.74) is 7.27. The van der Waals surface area contributed by atoms with Gasteiger partial charge in [0.15, 0.2) is 0 Å². The van der Waals surface area contributed by atoms with Crippen molar-refractivity contribution in [3.8, 4) is 0 Å². The van der Waals surface area contributed by atoms with Crippen molar-refractivity contribution in [2.24, 2.45) is 11.7 Å². The van der Waals surface area contributed by atoms with E-state index in [0.29, 0.717) is 0 Å². The molecule has 0 amide bonds. The topological polar surface area (TPSA) is 29.3 Å². The van der Waals surface area contributed by atoms with Crippen LogP contribution in [0.4, 0.5) is 0 Å². The summed E-state index contributed by atoms with van der Waals surface area (Å²) in [4.78, 5) is 2.50. The lowest BCUT2D eigenvalue weighted by Gasteiger charge is -2.19. The van der Waals surface area contributed by atoms with Crippen molar-refractivity contribution in [1.82, 2.24) is 4.90 Å². The fourth-order valence-corrected chi connectivity index (χ4v) is 2.76. The smallest absolute Gasteiger partial charge is 0.0453 e. The molecule has 1 aromatic rings. The van der Waals surface area contributed by atoms with E-state index in [1.165, 1.54) is 19.5 Å². The standard InChI is InChI=1S/C14H21ClN2/c1-11-6-8-17(10-11)9-7-14(16)12-4-2-3-5-13(12)15/h2-5,11,14H,6-10,16H2,1H3. The normalized spacial score (nSPS) is 22.9. The van der Waals surface area contributed by atoms with Crippen molar-refractivity contribution in [2.45, 2.75) is 25.8 Å².